The highest BCUT2D eigenvalue weighted by molar-refractivity contribution is 5.97. The lowest BCUT2D eigenvalue weighted by Crippen LogP contribution is -3.00. The van der Waals surface area contributed by atoms with E-state index in [2.05, 4.69) is 33.9 Å². The van der Waals surface area contributed by atoms with E-state index < -0.39 is 17.1 Å². The van der Waals surface area contributed by atoms with Crippen LogP contribution in [-0.2, 0) is 16.6 Å². The Hall–Kier alpha value is -1.34. The first-order chi connectivity index (χ1) is 17.3. The second kappa shape index (κ2) is 7.69. The first-order valence-electron chi connectivity index (χ1n) is 14.5. The Bertz CT molecular complexity index is 1210. The van der Waals surface area contributed by atoms with E-state index in [-0.39, 0.29) is 40.7 Å². The Morgan fingerprint density at radius 3 is 2.53 bits per heavy atom. The van der Waals surface area contributed by atoms with E-state index in [1.54, 1.807) is 0 Å². The molecule has 8 atom stereocenters. The smallest absolute Gasteiger partial charge is 0.252 e. The van der Waals surface area contributed by atoms with Crippen LogP contribution in [0.3, 0.4) is 0 Å². The number of primary amides is 1. The van der Waals surface area contributed by atoms with E-state index in [4.69, 9.17) is 15.2 Å². The minimum Gasteiger partial charge on any atom is -1.00 e. The molecule has 2 aliphatic heterocycles. The summed E-state index contributed by atoms with van der Waals surface area (Å²) in [5.41, 5.74) is 6.92. The molecule has 8 rings (SSSR count). The van der Waals surface area contributed by atoms with Gasteiger partial charge in [-0.25, -0.2) is 0 Å². The molecule has 6 nitrogen and oxygen atoms in total. The third-order valence-corrected chi connectivity index (χ3v) is 12.9. The lowest BCUT2D eigenvalue weighted by atomic mass is 9.33. The fraction of sp³-hybridized carbons (Fsp3) is 0.774. The van der Waals surface area contributed by atoms with Gasteiger partial charge < -0.3 is 37.2 Å². The van der Waals surface area contributed by atoms with Gasteiger partial charge in [-0.15, -0.1) is 0 Å². The third-order valence-electron chi connectivity index (χ3n) is 12.9. The minimum atomic E-state index is -0.947. The highest BCUT2D eigenvalue weighted by atomic mass is 35.5. The summed E-state index contributed by atoms with van der Waals surface area (Å²) in [6.45, 7) is 10.9. The maximum atomic E-state index is 12.6. The first-order valence-corrected chi connectivity index (χ1v) is 14.5. The average molecular weight is 545 g/mol. The normalized spacial score (nSPS) is 43.5. The standard InChI is InChI=1S/C31H44N2O4.ClH/c1-27(2,3)28(4,35)21-16-29-11-12-31(21,36-6)26-30(29)13-14-33(5,17-18-7-8-18)22(29)15-19-9-10-20(25(32)34)24(37-26)23(19)30;/h9-10,18,21-22,26,35H,7-8,11-17H2,1-6H3,(H-,32,34);1H/t21-,22?,26+,28?,29?,30?,31?,33+;/m1./s1. The molecular formula is C31H45ClN2O4. The molecule has 1 saturated heterocycles. The number of ether oxygens (including phenoxy) is 2. The molecule has 2 spiro atoms. The van der Waals surface area contributed by atoms with Crippen molar-refractivity contribution < 1.29 is 36.3 Å². The lowest BCUT2D eigenvalue weighted by Gasteiger charge is -2.75. The molecule has 5 fully saturated rings. The van der Waals surface area contributed by atoms with Crippen LogP contribution in [-0.4, -0.2) is 66.1 Å². The fourth-order valence-corrected chi connectivity index (χ4v) is 10.5. The number of rotatable bonds is 5. The van der Waals surface area contributed by atoms with Crippen LogP contribution in [0.5, 0.6) is 5.75 Å². The predicted octanol–water partition coefficient (Wildman–Crippen LogP) is 0.956. The second-order valence-corrected chi connectivity index (χ2v) is 15.1. The molecule has 5 unspecified atom stereocenters. The van der Waals surface area contributed by atoms with Crippen LogP contribution in [0, 0.1) is 22.7 Å². The molecule has 1 aromatic carbocycles. The van der Waals surface area contributed by atoms with Gasteiger partial charge in [-0.3, -0.25) is 4.79 Å². The van der Waals surface area contributed by atoms with E-state index in [0.29, 0.717) is 11.6 Å². The predicted molar refractivity (Wildman–Crippen MR) is 141 cm³/mol. The summed E-state index contributed by atoms with van der Waals surface area (Å²) in [6.07, 6.45) is 7.44. The number of nitrogens with zero attached hydrogens (tertiary/aromatic N) is 1. The highest BCUT2D eigenvalue weighted by Crippen LogP contribution is 2.78. The summed E-state index contributed by atoms with van der Waals surface area (Å²) in [4.78, 5) is 12.6. The number of carbonyl (C=O) groups is 1. The molecule has 7 heteroatoms. The van der Waals surface area contributed by atoms with Crippen LogP contribution < -0.4 is 22.9 Å². The number of hydrogen-bond acceptors (Lipinski definition) is 4. The van der Waals surface area contributed by atoms with Gasteiger partial charge in [-0.05, 0) is 56.1 Å². The molecule has 5 aliphatic carbocycles. The number of likely N-dealkylation sites (N-methyl/N-ethyl adjacent to an activating group) is 1. The number of nitrogens with two attached hydrogens (primary N) is 1. The maximum Gasteiger partial charge on any atom is 0.252 e. The summed E-state index contributed by atoms with van der Waals surface area (Å²) >= 11 is 0. The van der Waals surface area contributed by atoms with Crippen LogP contribution >= 0.6 is 0 Å². The zero-order valence-electron chi connectivity index (χ0n) is 23.9. The molecule has 4 bridgehead atoms. The molecule has 0 radical (unpaired) electrons. The lowest BCUT2D eigenvalue weighted by molar-refractivity contribution is -0.952. The van der Waals surface area contributed by atoms with Crippen LogP contribution in [0.25, 0.3) is 0 Å². The number of aliphatic hydroxyl groups is 1. The summed E-state index contributed by atoms with van der Waals surface area (Å²) in [7, 11) is 4.34. The number of likely N-dealkylation sites (tertiary alicyclic amines) is 1. The first kappa shape index (κ1) is 26.9. The minimum absolute atomic E-state index is 0. The van der Waals surface area contributed by atoms with Gasteiger partial charge in [-0.1, -0.05) is 26.8 Å². The molecule has 4 saturated carbocycles. The van der Waals surface area contributed by atoms with Crippen molar-refractivity contribution >= 4 is 5.91 Å². The molecule has 1 aromatic rings. The molecule has 1 amide bonds. The summed E-state index contributed by atoms with van der Waals surface area (Å²) in [5, 5.41) is 12.3. The molecule has 2 heterocycles. The summed E-state index contributed by atoms with van der Waals surface area (Å²) in [5.74, 6) is 1.07. The van der Waals surface area contributed by atoms with Gasteiger partial charge in [0.2, 0.25) is 0 Å². The van der Waals surface area contributed by atoms with Gasteiger partial charge >= 0.3 is 0 Å². The van der Waals surface area contributed by atoms with E-state index in [1.807, 2.05) is 20.1 Å². The molecule has 38 heavy (non-hydrogen) atoms. The summed E-state index contributed by atoms with van der Waals surface area (Å²) in [6, 6.07) is 4.54. The monoisotopic (exact) mass is 544 g/mol. The number of methoxy groups -OCH3 is 1. The Labute approximate surface area is 233 Å². The zero-order chi connectivity index (χ0) is 26.4. The van der Waals surface area contributed by atoms with Crippen molar-refractivity contribution in [1.82, 2.24) is 0 Å². The van der Waals surface area contributed by atoms with Crippen molar-refractivity contribution in [3.63, 3.8) is 0 Å². The van der Waals surface area contributed by atoms with Crippen molar-refractivity contribution in [2.75, 3.05) is 27.2 Å². The van der Waals surface area contributed by atoms with E-state index in [0.717, 1.165) is 54.8 Å². The van der Waals surface area contributed by atoms with E-state index in [1.165, 1.54) is 30.5 Å². The second-order valence-electron chi connectivity index (χ2n) is 15.1. The van der Waals surface area contributed by atoms with Crippen LogP contribution in [0.1, 0.15) is 87.7 Å². The number of quaternary nitrogens is 1. The Balaban J connectivity index is 0.00000264. The van der Waals surface area contributed by atoms with Crippen molar-refractivity contribution in [2.45, 2.75) is 101 Å². The van der Waals surface area contributed by atoms with Gasteiger partial charge in [0.1, 0.15) is 17.5 Å². The van der Waals surface area contributed by atoms with Crippen molar-refractivity contribution in [3.05, 3.63) is 28.8 Å². The van der Waals surface area contributed by atoms with Gasteiger partial charge in [0, 0.05) is 42.8 Å². The third kappa shape index (κ3) is 2.84. The Morgan fingerprint density at radius 1 is 1.21 bits per heavy atom. The molecule has 7 aliphatic rings. The number of piperidine rings is 1. The molecule has 0 aromatic heterocycles. The van der Waals surface area contributed by atoms with E-state index >= 15 is 0 Å². The molecule has 3 N–H and O–H groups in total. The average Bonchev–Trinajstić information content (AvgIpc) is 3.56. The number of fused-ring (bicyclic) bond motifs is 2. The van der Waals surface area contributed by atoms with Crippen molar-refractivity contribution in [3.8, 4) is 5.75 Å². The zero-order valence-corrected chi connectivity index (χ0v) is 24.7. The number of carbonyl (C=O) groups excluding carboxylic acids is 1. The van der Waals surface area contributed by atoms with E-state index in [9.17, 15) is 9.90 Å². The number of amides is 1. The molecular weight excluding hydrogens is 500 g/mol. The Morgan fingerprint density at radius 2 is 1.92 bits per heavy atom. The van der Waals surface area contributed by atoms with Gasteiger partial charge in [-0.2, -0.15) is 0 Å². The maximum absolute atomic E-state index is 12.6. The van der Waals surface area contributed by atoms with Gasteiger partial charge in [0.05, 0.1) is 42.8 Å². The number of halogens is 1. The van der Waals surface area contributed by atoms with Gasteiger partial charge in [0.15, 0.2) is 0 Å². The van der Waals surface area contributed by atoms with Crippen molar-refractivity contribution in [2.24, 2.45) is 28.4 Å². The summed E-state index contributed by atoms with van der Waals surface area (Å²) < 4.78 is 14.8. The Kier molecular flexibility index (Phi) is 5.43. The largest absolute Gasteiger partial charge is 1.00 e. The van der Waals surface area contributed by atoms with Crippen LogP contribution in [0.15, 0.2) is 12.1 Å². The topological polar surface area (TPSA) is 81.8 Å². The number of benzene rings is 1. The van der Waals surface area contributed by atoms with Crippen molar-refractivity contribution in [1.29, 1.82) is 0 Å². The number of hydrogen-bond donors (Lipinski definition) is 2. The molecule has 210 valence electrons. The van der Waals surface area contributed by atoms with Crippen LogP contribution in [0.2, 0.25) is 0 Å². The van der Waals surface area contributed by atoms with Crippen LogP contribution in [0.4, 0.5) is 0 Å². The van der Waals surface area contributed by atoms with Gasteiger partial charge in [0.25, 0.3) is 5.91 Å². The quantitative estimate of drug-likeness (QED) is 0.541. The SMILES string of the molecule is COC12CCC3(C[C@@H]1C(C)(O)C(C)(C)C)C1Cc4ccc(C(N)=O)c5c4C3(CC[N@@+]1(C)CC1CC1)[C@@H]2O5.[Cl-]. The highest BCUT2D eigenvalue weighted by Gasteiger charge is 2.84. The fourth-order valence-electron chi connectivity index (χ4n) is 10.5.